The topological polar surface area (TPSA) is 91.4 Å². The second kappa shape index (κ2) is 6.78. The third kappa shape index (κ3) is 3.98. The van der Waals surface area contributed by atoms with Crippen molar-refractivity contribution in [3.63, 3.8) is 0 Å². The number of aromatic amines is 1. The SMILES string of the molecule is COc1ccc2[nH]cc(CC(=O)NCCCC(=O)O)c2c1. The van der Waals surface area contributed by atoms with Crippen LogP contribution in [0.15, 0.2) is 24.4 Å². The molecule has 21 heavy (non-hydrogen) atoms. The molecular weight excluding hydrogens is 272 g/mol. The average molecular weight is 290 g/mol. The Balaban J connectivity index is 1.96. The Morgan fingerprint density at radius 1 is 1.38 bits per heavy atom. The van der Waals surface area contributed by atoms with E-state index in [0.29, 0.717) is 13.0 Å². The number of hydrogen-bond donors (Lipinski definition) is 3. The van der Waals surface area contributed by atoms with Crippen molar-refractivity contribution in [1.29, 1.82) is 0 Å². The molecule has 0 aliphatic carbocycles. The van der Waals surface area contributed by atoms with Gasteiger partial charge in [0.05, 0.1) is 13.5 Å². The first kappa shape index (κ1) is 14.9. The third-order valence-corrected chi connectivity index (χ3v) is 3.22. The first-order chi connectivity index (χ1) is 10.1. The molecule has 1 aromatic carbocycles. The van der Waals surface area contributed by atoms with E-state index in [-0.39, 0.29) is 18.7 Å². The predicted molar refractivity (Wildman–Crippen MR) is 78.4 cm³/mol. The number of carboxylic acids is 1. The lowest BCUT2D eigenvalue weighted by Crippen LogP contribution is -2.26. The van der Waals surface area contributed by atoms with E-state index in [2.05, 4.69) is 10.3 Å². The number of carboxylic acid groups (broad SMARTS) is 1. The predicted octanol–water partition coefficient (Wildman–Crippen LogP) is 1.70. The number of rotatable bonds is 7. The molecule has 1 heterocycles. The van der Waals surface area contributed by atoms with Gasteiger partial charge in [0.15, 0.2) is 0 Å². The second-order valence-electron chi connectivity index (χ2n) is 4.75. The number of aromatic nitrogens is 1. The van der Waals surface area contributed by atoms with Crippen molar-refractivity contribution >= 4 is 22.8 Å². The summed E-state index contributed by atoms with van der Waals surface area (Å²) in [7, 11) is 1.60. The highest BCUT2D eigenvalue weighted by Crippen LogP contribution is 2.23. The fraction of sp³-hybridized carbons (Fsp3) is 0.333. The number of nitrogens with one attached hydrogen (secondary N) is 2. The van der Waals surface area contributed by atoms with Crippen LogP contribution < -0.4 is 10.1 Å². The zero-order chi connectivity index (χ0) is 15.2. The maximum absolute atomic E-state index is 11.8. The number of fused-ring (bicyclic) bond motifs is 1. The Kier molecular flexibility index (Phi) is 4.81. The minimum Gasteiger partial charge on any atom is -0.497 e. The number of carbonyl (C=O) groups is 2. The van der Waals surface area contributed by atoms with Crippen molar-refractivity contribution in [3.05, 3.63) is 30.0 Å². The highest BCUT2D eigenvalue weighted by atomic mass is 16.5. The van der Waals surface area contributed by atoms with Gasteiger partial charge in [-0.05, 0) is 30.2 Å². The largest absolute Gasteiger partial charge is 0.497 e. The molecule has 0 fully saturated rings. The summed E-state index contributed by atoms with van der Waals surface area (Å²) in [6, 6.07) is 5.65. The van der Waals surface area contributed by atoms with Crippen molar-refractivity contribution in [2.75, 3.05) is 13.7 Å². The van der Waals surface area contributed by atoms with Gasteiger partial charge in [0.1, 0.15) is 5.75 Å². The van der Waals surface area contributed by atoms with Crippen LogP contribution in [0, 0.1) is 0 Å². The molecule has 0 saturated heterocycles. The second-order valence-corrected chi connectivity index (χ2v) is 4.75. The summed E-state index contributed by atoms with van der Waals surface area (Å²) >= 11 is 0. The Labute approximate surface area is 122 Å². The van der Waals surface area contributed by atoms with E-state index in [1.165, 1.54) is 0 Å². The molecule has 2 aromatic rings. The Hall–Kier alpha value is -2.50. The maximum atomic E-state index is 11.8. The number of H-pyrrole nitrogens is 1. The van der Waals surface area contributed by atoms with Gasteiger partial charge < -0.3 is 20.1 Å². The number of amides is 1. The standard InChI is InChI=1S/C15H18N2O4/c1-21-11-4-5-13-12(8-11)10(9-17-13)7-14(18)16-6-2-3-15(19)20/h4-5,8-9,17H,2-3,6-7H2,1H3,(H,16,18)(H,19,20). The summed E-state index contributed by atoms with van der Waals surface area (Å²) in [6.07, 6.45) is 2.55. The molecule has 0 radical (unpaired) electrons. The van der Waals surface area contributed by atoms with Gasteiger partial charge in [-0.15, -0.1) is 0 Å². The Morgan fingerprint density at radius 2 is 2.19 bits per heavy atom. The number of hydrogen-bond acceptors (Lipinski definition) is 3. The van der Waals surface area contributed by atoms with Crippen LogP contribution in [0.3, 0.4) is 0 Å². The molecule has 6 heteroatoms. The number of carbonyl (C=O) groups excluding carboxylic acids is 1. The summed E-state index contributed by atoms with van der Waals surface area (Å²) in [5.41, 5.74) is 1.84. The lowest BCUT2D eigenvalue weighted by molar-refractivity contribution is -0.137. The minimum atomic E-state index is -0.854. The average Bonchev–Trinajstić information content (AvgIpc) is 2.85. The number of benzene rings is 1. The normalized spacial score (nSPS) is 10.5. The minimum absolute atomic E-state index is 0.0601. The van der Waals surface area contributed by atoms with Crippen LogP contribution in [0.2, 0.25) is 0 Å². The van der Waals surface area contributed by atoms with Crippen molar-refractivity contribution in [3.8, 4) is 5.75 Å². The van der Waals surface area contributed by atoms with Crippen LogP contribution in [-0.4, -0.2) is 35.6 Å². The van der Waals surface area contributed by atoms with Gasteiger partial charge in [-0.2, -0.15) is 0 Å². The Morgan fingerprint density at radius 3 is 2.90 bits per heavy atom. The smallest absolute Gasteiger partial charge is 0.303 e. The molecule has 0 spiro atoms. The van der Waals surface area contributed by atoms with E-state index in [1.54, 1.807) is 13.3 Å². The van der Waals surface area contributed by atoms with Crippen LogP contribution in [-0.2, 0) is 16.0 Å². The molecule has 2 rings (SSSR count). The summed E-state index contributed by atoms with van der Waals surface area (Å²) in [6.45, 7) is 0.372. The van der Waals surface area contributed by atoms with Gasteiger partial charge in [-0.1, -0.05) is 0 Å². The molecule has 0 atom stereocenters. The molecule has 1 aromatic heterocycles. The molecule has 1 amide bonds. The summed E-state index contributed by atoms with van der Waals surface area (Å²) < 4.78 is 5.18. The van der Waals surface area contributed by atoms with Gasteiger partial charge in [0.25, 0.3) is 0 Å². The van der Waals surface area contributed by atoms with Gasteiger partial charge in [-0.25, -0.2) is 0 Å². The molecule has 6 nitrogen and oxygen atoms in total. The number of methoxy groups -OCH3 is 1. The Bertz CT molecular complexity index is 648. The van der Waals surface area contributed by atoms with Gasteiger partial charge in [0, 0.05) is 30.1 Å². The zero-order valence-electron chi connectivity index (χ0n) is 11.8. The maximum Gasteiger partial charge on any atom is 0.303 e. The third-order valence-electron chi connectivity index (χ3n) is 3.22. The summed E-state index contributed by atoms with van der Waals surface area (Å²) in [4.78, 5) is 25.3. The van der Waals surface area contributed by atoms with Crippen molar-refractivity contribution in [2.24, 2.45) is 0 Å². The van der Waals surface area contributed by atoms with Gasteiger partial charge in [0.2, 0.25) is 5.91 Å². The highest BCUT2D eigenvalue weighted by molar-refractivity contribution is 5.89. The molecule has 0 aliphatic rings. The lowest BCUT2D eigenvalue weighted by Gasteiger charge is -2.04. The number of aliphatic carboxylic acids is 1. The van der Waals surface area contributed by atoms with Crippen LogP contribution in [0.4, 0.5) is 0 Å². The molecule has 112 valence electrons. The first-order valence-electron chi connectivity index (χ1n) is 6.72. The molecule has 0 aliphatic heterocycles. The van der Waals surface area contributed by atoms with Crippen molar-refractivity contribution in [2.45, 2.75) is 19.3 Å². The van der Waals surface area contributed by atoms with E-state index in [9.17, 15) is 9.59 Å². The fourth-order valence-electron chi connectivity index (χ4n) is 2.13. The monoisotopic (exact) mass is 290 g/mol. The molecule has 0 unspecified atom stereocenters. The fourth-order valence-corrected chi connectivity index (χ4v) is 2.13. The quantitative estimate of drug-likeness (QED) is 0.677. The van der Waals surface area contributed by atoms with E-state index >= 15 is 0 Å². The van der Waals surface area contributed by atoms with Crippen LogP contribution >= 0.6 is 0 Å². The summed E-state index contributed by atoms with van der Waals surface area (Å²) in [5.74, 6) is -0.234. The van der Waals surface area contributed by atoms with Crippen LogP contribution in [0.25, 0.3) is 10.9 Å². The van der Waals surface area contributed by atoms with E-state index in [1.807, 2.05) is 18.2 Å². The molecule has 3 N–H and O–H groups in total. The molecule has 0 bridgehead atoms. The van der Waals surface area contributed by atoms with Crippen molar-refractivity contribution in [1.82, 2.24) is 10.3 Å². The lowest BCUT2D eigenvalue weighted by atomic mass is 10.1. The van der Waals surface area contributed by atoms with Crippen LogP contribution in [0.1, 0.15) is 18.4 Å². The summed E-state index contributed by atoms with van der Waals surface area (Å²) in [5, 5.41) is 12.2. The van der Waals surface area contributed by atoms with Crippen LogP contribution in [0.5, 0.6) is 5.75 Å². The van der Waals surface area contributed by atoms with Crippen molar-refractivity contribution < 1.29 is 19.4 Å². The first-order valence-corrected chi connectivity index (χ1v) is 6.72. The van der Waals surface area contributed by atoms with E-state index < -0.39 is 5.97 Å². The zero-order valence-corrected chi connectivity index (χ0v) is 11.8. The van der Waals surface area contributed by atoms with E-state index in [4.69, 9.17) is 9.84 Å². The van der Waals surface area contributed by atoms with Gasteiger partial charge in [-0.3, -0.25) is 9.59 Å². The van der Waals surface area contributed by atoms with E-state index in [0.717, 1.165) is 22.2 Å². The molecular formula is C15H18N2O4. The van der Waals surface area contributed by atoms with Gasteiger partial charge >= 0.3 is 5.97 Å². The molecule has 0 saturated carbocycles. The highest BCUT2D eigenvalue weighted by Gasteiger charge is 2.09. The number of ether oxygens (including phenoxy) is 1.